The third-order valence-corrected chi connectivity index (χ3v) is 4.68. The van der Waals surface area contributed by atoms with Crippen LogP contribution in [0.5, 0.6) is 5.75 Å². The molecule has 0 aliphatic heterocycles. The van der Waals surface area contributed by atoms with Crippen molar-refractivity contribution in [2.45, 2.75) is 0 Å². The molecule has 7 nitrogen and oxygen atoms in total. The molecule has 0 bridgehead atoms. The highest BCUT2D eigenvalue weighted by atomic mass is 16.5. The number of hydrogen-bond acceptors (Lipinski definition) is 4. The molecule has 0 spiro atoms. The Labute approximate surface area is 179 Å². The molecule has 0 fully saturated rings. The minimum absolute atomic E-state index is 0.229. The quantitative estimate of drug-likeness (QED) is 0.492. The number of anilines is 2. The lowest BCUT2D eigenvalue weighted by Crippen LogP contribution is -2.13. The molecule has 0 unspecified atom stereocenters. The fraction of sp³-hybridized carbons (Fsp3) is 0.0417. The Morgan fingerprint density at radius 3 is 1.77 bits per heavy atom. The molecule has 7 heteroatoms. The van der Waals surface area contributed by atoms with Gasteiger partial charge in [0.1, 0.15) is 5.75 Å². The highest BCUT2D eigenvalue weighted by molar-refractivity contribution is 6.06. The Morgan fingerprint density at radius 2 is 1.29 bits per heavy atom. The lowest BCUT2D eigenvalue weighted by atomic mass is 10.1. The number of aromatic nitrogens is 2. The molecule has 1 aromatic heterocycles. The van der Waals surface area contributed by atoms with Crippen LogP contribution in [-0.4, -0.2) is 28.5 Å². The summed E-state index contributed by atoms with van der Waals surface area (Å²) in [6.07, 6.45) is 5.23. The zero-order valence-electron chi connectivity index (χ0n) is 16.8. The fourth-order valence-corrected chi connectivity index (χ4v) is 2.98. The van der Waals surface area contributed by atoms with Crippen LogP contribution < -0.4 is 15.4 Å². The number of nitrogens with one attached hydrogen (secondary N) is 2. The molecule has 0 saturated carbocycles. The average molecular weight is 412 g/mol. The topological polar surface area (TPSA) is 85.3 Å². The van der Waals surface area contributed by atoms with E-state index < -0.39 is 0 Å². The van der Waals surface area contributed by atoms with Crippen LogP contribution in [0.3, 0.4) is 0 Å². The van der Waals surface area contributed by atoms with Gasteiger partial charge in [0.2, 0.25) is 0 Å². The molecule has 0 aliphatic carbocycles. The van der Waals surface area contributed by atoms with Gasteiger partial charge in [0.25, 0.3) is 11.8 Å². The number of hydrogen-bond donors (Lipinski definition) is 2. The van der Waals surface area contributed by atoms with Crippen LogP contribution in [0.15, 0.2) is 91.5 Å². The molecule has 0 atom stereocenters. The molecule has 31 heavy (non-hydrogen) atoms. The van der Waals surface area contributed by atoms with Gasteiger partial charge >= 0.3 is 0 Å². The molecule has 4 aromatic rings. The fourth-order valence-electron chi connectivity index (χ4n) is 2.98. The van der Waals surface area contributed by atoms with Crippen molar-refractivity contribution in [2.75, 3.05) is 17.7 Å². The number of carbonyl (C=O) groups is 2. The van der Waals surface area contributed by atoms with E-state index in [0.717, 1.165) is 11.4 Å². The molecule has 3 aromatic carbocycles. The predicted molar refractivity (Wildman–Crippen MR) is 119 cm³/mol. The molecule has 154 valence electrons. The van der Waals surface area contributed by atoms with E-state index in [1.165, 1.54) is 0 Å². The van der Waals surface area contributed by atoms with Crippen molar-refractivity contribution in [3.8, 4) is 11.4 Å². The Morgan fingerprint density at radius 1 is 0.774 bits per heavy atom. The van der Waals surface area contributed by atoms with Gasteiger partial charge < -0.3 is 19.9 Å². The van der Waals surface area contributed by atoms with E-state index in [1.54, 1.807) is 80.3 Å². The minimum Gasteiger partial charge on any atom is -0.497 e. The van der Waals surface area contributed by atoms with Crippen molar-refractivity contribution in [3.63, 3.8) is 0 Å². The lowest BCUT2D eigenvalue weighted by molar-refractivity contribution is 0.102. The van der Waals surface area contributed by atoms with E-state index >= 15 is 0 Å². The summed E-state index contributed by atoms with van der Waals surface area (Å²) in [6, 6.07) is 21.0. The molecule has 1 heterocycles. The summed E-state index contributed by atoms with van der Waals surface area (Å²) in [5.74, 6) is 0.250. The SMILES string of the molecule is COc1ccc(NC(=O)c2ccc(NC(=O)c3ccc(-n4ccnc4)cc3)cc2)cc1. The summed E-state index contributed by atoms with van der Waals surface area (Å²) in [6.45, 7) is 0. The van der Waals surface area contributed by atoms with Gasteiger partial charge in [0.05, 0.1) is 13.4 Å². The lowest BCUT2D eigenvalue weighted by Gasteiger charge is -2.09. The van der Waals surface area contributed by atoms with Crippen molar-refractivity contribution in [1.82, 2.24) is 9.55 Å². The minimum atomic E-state index is -0.238. The van der Waals surface area contributed by atoms with Crippen LogP contribution in [0.1, 0.15) is 20.7 Å². The smallest absolute Gasteiger partial charge is 0.255 e. The van der Waals surface area contributed by atoms with E-state index in [9.17, 15) is 9.59 Å². The van der Waals surface area contributed by atoms with Gasteiger partial charge in [0.15, 0.2) is 0 Å². The molecular formula is C24H20N4O3. The van der Waals surface area contributed by atoms with Crippen LogP contribution in [0.4, 0.5) is 11.4 Å². The maximum absolute atomic E-state index is 12.5. The van der Waals surface area contributed by atoms with Crippen molar-refractivity contribution >= 4 is 23.2 Å². The maximum Gasteiger partial charge on any atom is 0.255 e. The van der Waals surface area contributed by atoms with Crippen molar-refractivity contribution in [1.29, 1.82) is 0 Å². The van der Waals surface area contributed by atoms with Gasteiger partial charge in [-0.05, 0) is 72.8 Å². The van der Waals surface area contributed by atoms with Crippen molar-refractivity contribution < 1.29 is 14.3 Å². The number of rotatable bonds is 6. The number of ether oxygens (including phenoxy) is 1. The van der Waals surface area contributed by atoms with Crippen LogP contribution in [0, 0.1) is 0 Å². The Balaban J connectivity index is 1.37. The highest BCUT2D eigenvalue weighted by Gasteiger charge is 2.09. The summed E-state index contributed by atoms with van der Waals surface area (Å²) in [5, 5.41) is 5.66. The van der Waals surface area contributed by atoms with Crippen LogP contribution in [0.2, 0.25) is 0 Å². The largest absolute Gasteiger partial charge is 0.497 e. The van der Waals surface area contributed by atoms with E-state index in [0.29, 0.717) is 22.5 Å². The second-order valence-electron chi connectivity index (χ2n) is 6.73. The first-order chi connectivity index (χ1) is 15.1. The molecule has 2 amide bonds. The number of imidazole rings is 1. The monoisotopic (exact) mass is 412 g/mol. The summed E-state index contributed by atoms with van der Waals surface area (Å²) < 4.78 is 6.97. The first-order valence-electron chi connectivity index (χ1n) is 9.57. The van der Waals surface area contributed by atoms with E-state index in [2.05, 4.69) is 15.6 Å². The number of benzene rings is 3. The van der Waals surface area contributed by atoms with Crippen molar-refractivity contribution in [2.24, 2.45) is 0 Å². The molecule has 0 radical (unpaired) electrons. The van der Waals surface area contributed by atoms with Crippen molar-refractivity contribution in [3.05, 3.63) is 103 Å². The summed E-state index contributed by atoms with van der Waals surface area (Å²) >= 11 is 0. The van der Waals surface area contributed by atoms with Gasteiger partial charge in [-0.1, -0.05) is 0 Å². The van der Waals surface area contributed by atoms with Crippen LogP contribution >= 0.6 is 0 Å². The number of carbonyl (C=O) groups excluding carboxylic acids is 2. The first-order valence-corrected chi connectivity index (χ1v) is 9.57. The summed E-state index contributed by atoms with van der Waals surface area (Å²) in [5.41, 5.74) is 3.21. The first kappa shape index (κ1) is 19.9. The molecule has 2 N–H and O–H groups in total. The number of amides is 2. The Kier molecular flexibility index (Phi) is 5.75. The van der Waals surface area contributed by atoms with E-state index in [4.69, 9.17) is 4.74 Å². The molecule has 4 rings (SSSR count). The Bertz CT molecular complexity index is 1170. The number of nitrogens with zero attached hydrogens (tertiary/aromatic N) is 2. The predicted octanol–water partition coefficient (Wildman–Crippen LogP) is 4.39. The zero-order chi connectivity index (χ0) is 21.6. The van der Waals surface area contributed by atoms with Crippen LogP contribution in [-0.2, 0) is 0 Å². The van der Waals surface area contributed by atoms with Gasteiger partial charge in [-0.25, -0.2) is 4.98 Å². The highest BCUT2D eigenvalue weighted by Crippen LogP contribution is 2.17. The molecular weight excluding hydrogens is 392 g/mol. The number of methoxy groups -OCH3 is 1. The second-order valence-corrected chi connectivity index (χ2v) is 6.73. The molecule has 0 saturated heterocycles. The normalized spacial score (nSPS) is 10.4. The standard InChI is InChI=1S/C24H20N4O3/c1-31-22-12-8-20(9-13-22)27-23(29)17-2-6-19(7-3-17)26-24(30)18-4-10-21(11-5-18)28-15-14-25-16-28/h2-16H,1H3,(H,26,30)(H,27,29). The third kappa shape index (κ3) is 4.79. The average Bonchev–Trinajstić information content (AvgIpc) is 3.35. The van der Waals surface area contributed by atoms with Gasteiger partial charge in [-0.15, -0.1) is 0 Å². The Hall–Kier alpha value is -4.39. The van der Waals surface area contributed by atoms with Gasteiger partial charge in [0, 0.05) is 40.6 Å². The third-order valence-electron chi connectivity index (χ3n) is 4.68. The van der Waals surface area contributed by atoms with Gasteiger partial charge in [-0.2, -0.15) is 0 Å². The van der Waals surface area contributed by atoms with E-state index in [1.807, 2.05) is 22.9 Å². The van der Waals surface area contributed by atoms with Crippen LogP contribution in [0.25, 0.3) is 5.69 Å². The second kappa shape index (κ2) is 8.96. The summed E-state index contributed by atoms with van der Waals surface area (Å²) in [4.78, 5) is 28.9. The zero-order valence-corrected chi connectivity index (χ0v) is 16.8. The van der Waals surface area contributed by atoms with Gasteiger partial charge in [-0.3, -0.25) is 9.59 Å². The summed E-state index contributed by atoms with van der Waals surface area (Å²) in [7, 11) is 1.59. The van der Waals surface area contributed by atoms with E-state index in [-0.39, 0.29) is 11.8 Å². The molecule has 0 aliphatic rings. The maximum atomic E-state index is 12.5.